The van der Waals surface area contributed by atoms with E-state index in [1.54, 1.807) is 0 Å². The molecule has 3 heteroatoms. The Morgan fingerprint density at radius 3 is 2.33 bits per heavy atom. The zero-order valence-electron chi connectivity index (χ0n) is 10.2. The summed E-state index contributed by atoms with van der Waals surface area (Å²) in [6.07, 6.45) is 0.933. The second-order valence-corrected chi connectivity index (χ2v) is 5.20. The first-order chi connectivity index (χ1) is 8.65. The smallest absolute Gasteiger partial charge is 0.0637 e. The lowest BCUT2D eigenvalue weighted by Crippen LogP contribution is -2.18. The summed E-state index contributed by atoms with van der Waals surface area (Å²) >= 11 is 12.0. The highest BCUT2D eigenvalue weighted by Gasteiger charge is 2.05. The quantitative estimate of drug-likeness (QED) is 0.827. The van der Waals surface area contributed by atoms with Crippen LogP contribution in [0.1, 0.15) is 12.5 Å². The van der Waals surface area contributed by atoms with E-state index in [1.165, 1.54) is 5.56 Å². The first-order valence-corrected chi connectivity index (χ1v) is 6.66. The predicted molar refractivity (Wildman–Crippen MR) is 79.7 cm³/mol. The molecule has 1 unspecified atom stereocenters. The standard InChI is InChI=1S/C15H15Cl2N/c1-11(10-12-6-8-13(16)9-7-12)18-15-5-3-2-4-14(15)17/h2-9,11,18H,10H2,1H3. The van der Waals surface area contributed by atoms with E-state index >= 15 is 0 Å². The number of nitrogens with one attached hydrogen (secondary N) is 1. The molecule has 0 saturated heterocycles. The van der Waals surface area contributed by atoms with Crippen LogP contribution in [0.25, 0.3) is 0 Å². The molecule has 0 spiro atoms. The molecule has 2 rings (SSSR count). The van der Waals surface area contributed by atoms with E-state index in [9.17, 15) is 0 Å². The molecule has 18 heavy (non-hydrogen) atoms. The lowest BCUT2D eigenvalue weighted by molar-refractivity contribution is 0.790. The van der Waals surface area contributed by atoms with Gasteiger partial charge in [0.05, 0.1) is 10.7 Å². The molecule has 1 nitrogen and oxygen atoms in total. The van der Waals surface area contributed by atoms with Crippen LogP contribution in [0.2, 0.25) is 10.0 Å². The lowest BCUT2D eigenvalue weighted by atomic mass is 10.1. The first-order valence-electron chi connectivity index (χ1n) is 5.90. The summed E-state index contributed by atoms with van der Waals surface area (Å²) in [5.74, 6) is 0. The van der Waals surface area contributed by atoms with Gasteiger partial charge in [-0.2, -0.15) is 0 Å². The van der Waals surface area contributed by atoms with Crippen molar-refractivity contribution in [2.45, 2.75) is 19.4 Å². The maximum Gasteiger partial charge on any atom is 0.0637 e. The Labute approximate surface area is 118 Å². The minimum Gasteiger partial charge on any atom is -0.381 e. The normalized spacial score (nSPS) is 12.2. The third kappa shape index (κ3) is 3.66. The summed E-state index contributed by atoms with van der Waals surface area (Å²) in [6.45, 7) is 2.14. The van der Waals surface area contributed by atoms with Gasteiger partial charge in [0.15, 0.2) is 0 Å². The molecule has 2 aromatic carbocycles. The molecule has 1 atom stereocenters. The summed E-state index contributed by atoms with van der Waals surface area (Å²) in [4.78, 5) is 0. The molecule has 0 saturated carbocycles. The number of anilines is 1. The van der Waals surface area contributed by atoms with Crippen LogP contribution in [-0.2, 0) is 6.42 Å². The van der Waals surface area contributed by atoms with E-state index in [0.717, 1.165) is 22.2 Å². The van der Waals surface area contributed by atoms with Gasteiger partial charge in [-0.25, -0.2) is 0 Å². The van der Waals surface area contributed by atoms with E-state index in [4.69, 9.17) is 23.2 Å². The predicted octanol–water partition coefficient (Wildman–Crippen LogP) is 5.04. The highest BCUT2D eigenvalue weighted by atomic mass is 35.5. The van der Waals surface area contributed by atoms with E-state index in [1.807, 2.05) is 48.5 Å². The van der Waals surface area contributed by atoms with Crippen LogP contribution in [0.5, 0.6) is 0 Å². The molecule has 0 amide bonds. The third-order valence-electron chi connectivity index (χ3n) is 2.73. The van der Waals surface area contributed by atoms with Crippen LogP contribution in [0.4, 0.5) is 5.69 Å². The zero-order chi connectivity index (χ0) is 13.0. The summed E-state index contributed by atoms with van der Waals surface area (Å²) in [7, 11) is 0. The third-order valence-corrected chi connectivity index (χ3v) is 3.31. The number of hydrogen-bond acceptors (Lipinski definition) is 1. The second-order valence-electron chi connectivity index (χ2n) is 4.36. The number of benzene rings is 2. The van der Waals surface area contributed by atoms with Gasteiger partial charge in [-0.05, 0) is 43.2 Å². The van der Waals surface area contributed by atoms with Crippen molar-refractivity contribution in [3.05, 3.63) is 64.1 Å². The Kier molecular flexibility index (Phi) is 4.51. The lowest BCUT2D eigenvalue weighted by Gasteiger charge is -2.16. The van der Waals surface area contributed by atoms with Gasteiger partial charge in [0.1, 0.15) is 0 Å². The van der Waals surface area contributed by atoms with E-state index in [-0.39, 0.29) is 0 Å². The number of halogens is 2. The highest BCUT2D eigenvalue weighted by Crippen LogP contribution is 2.22. The second kappa shape index (κ2) is 6.12. The fourth-order valence-corrected chi connectivity index (χ4v) is 2.19. The topological polar surface area (TPSA) is 12.0 Å². The average molecular weight is 280 g/mol. The molecular weight excluding hydrogens is 265 g/mol. The van der Waals surface area contributed by atoms with Crippen LogP contribution in [0, 0.1) is 0 Å². The van der Waals surface area contributed by atoms with Crippen LogP contribution in [0.3, 0.4) is 0 Å². The van der Waals surface area contributed by atoms with Crippen LogP contribution in [0.15, 0.2) is 48.5 Å². The zero-order valence-corrected chi connectivity index (χ0v) is 11.7. The Morgan fingerprint density at radius 2 is 1.67 bits per heavy atom. The van der Waals surface area contributed by atoms with Crippen molar-refractivity contribution in [1.82, 2.24) is 0 Å². The van der Waals surface area contributed by atoms with Crippen molar-refractivity contribution >= 4 is 28.9 Å². The van der Waals surface area contributed by atoms with Gasteiger partial charge in [0.2, 0.25) is 0 Å². The molecular formula is C15H15Cl2N. The molecule has 0 heterocycles. The fourth-order valence-electron chi connectivity index (χ4n) is 1.87. The summed E-state index contributed by atoms with van der Waals surface area (Å²) in [6, 6.07) is 16.0. The molecule has 0 aliphatic heterocycles. The Bertz CT molecular complexity index is 508. The molecule has 94 valence electrons. The Morgan fingerprint density at radius 1 is 1.00 bits per heavy atom. The Hall–Kier alpha value is -1.18. The monoisotopic (exact) mass is 279 g/mol. The van der Waals surface area contributed by atoms with Gasteiger partial charge in [0, 0.05) is 11.1 Å². The van der Waals surface area contributed by atoms with E-state index in [0.29, 0.717) is 6.04 Å². The number of hydrogen-bond donors (Lipinski definition) is 1. The van der Waals surface area contributed by atoms with E-state index < -0.39 is 0 Å². The van der Waals surface area contributed by atoms with Gasteiger partial charge in [0.25, 0.3) is 0 Å². The molecule has 0 aliphatic carbocycles. The van der Waals surface area contributed by atoms with Gasteiger partial charge >= 0.3 is 0 Å². The first kappa shape index (κ1) is 13.3. The van der Waals surface area contributed by atoms with Crippen molar-refractivity contribution in [1.29, 1.82) is 0 Å². The SMILES string of the molecule is CC(Cc1ccc(Cl)cc1)Nc1ccccc1Cl. The number of para-hydroxylation sites is 1. The molecule has 1 N–H and O–H groups in total. The summed E-state index contributed by atoms with van der Waals surface area (Å²) in [5.41, 5.74) is 2.23. The maximum absolute atomic E-state index is 6.11. The average Bonchev–Trinajstić information content (AvgIpc) is 2.35. The van der Waals surface area contributed by atoms with Gasteiger partial charge in [-0.3, -0.25) is 0 Å². The molecule has 0 bridgehead atoms. The minimum absolute atomic E-state index is 0.311. The molecule has 2 aromatic rings. The summed E-state index contributed by atoms with van der Waals surface area (Å²) in [5, 5.41) is 4.93. The molecule has 0 aliphatic rings. The minimum atomic E-state index is 0.311. The molecule has 0 radical (unpaired) electrons. The number of rotatable bonds is 4. The summed E-state index contributed by atoms with van der Waals surface area (Å²) < 4.78 is 0. The van der Waals surface area contributed by atoms with Crippen molar-refractivity contribution in [2.24, 2.45) is 0 Å². The van der Waals surface area contributed by atoms with Crippen molar-refractivity contribution in [2.75, 3.05) is 5.32 Å². The fraction of sp³-hybridized carbons (Fsp3) is 0.200. The van der Waals surface area contributed by atoms with Gasteiger partial charge in [-0.1, -0.05) is 47.5 Å². The van der Waals surface area contributed by atoms with E-state index in [2.05, 4.69) is 12.2 Å². The van der Waals surface area contributed by atoms with Crippen LogP contribution < -0.4 is 5.32 Å². The largest absolute Gasteiger partial charge is 0.381 e. The van der Waals surface area contributed by atoms with Crippen molar-refractivity contribution < 1.29 is 0 Å². The van der Waals surface area contributed by atoms with Crippen LogP contribution in [-0.4, -0.2) is 6.04 Å². The molecule has 0 aromatic heterocycles. The molecule has 0 fully saturated rings. The van der Waals surface area contributed by atoms with Crippen molar-refractivity contribution in [3.8, 4) is 0 Å². The Balaban J connectivity index is 1.99. The van der Waals surface area contributed by atoms with Crippen LogP contribution >= 0.6 is 23.2 Å². The van der Waals surface area contributed by atoms with Crippen molar-refractivity contribution in [3.63, 3.8) is 0 Å². The maximum atomic E-state index is 6.11. The van der Waals surface area contributed by atoms with Gasteiger partial charge < -0.3 is 5.32 Å². The highest BCUT2D eigenvalue weighted by molar-refractivity contribution is 6.33. The van der Waals surface area contributed by atoms with Gasteiger partial charge in [-0.15, -0.1) is 0 Å².